The summed E-state index contributed by atoms with van der Waals surface area (Å²) in [6.45, 7) is 0. The van der Waals surface area contributed by atoms with Crippen LogP contribution in [0.15, 0.2) is 65.0 Å². The number of benzene rings is 1. The Morgan fingerprint density at radius 2 is 1.82 bits per heavy atom. The quantitative estimate of drug-likeness (QED) is 0.338. The summed E-state index contributed by atoms with van der Waals surface area (Å²) in [5.74, 6) is -1.04. The SMILES string of the molecule is COc1ccc(/C(O)=C2/C(=O)C(=O)N(c3ccc(-c4ccon4)cc3)C2C2CCCCC2)cn1. The van der Waals surface area contributed by atoms with Gasteiger partial charge in [-0.05, 0) is 37.0 Å². The fourth-order valence-electron chi connectivity index (χ4n) is 4.99. The highest BCUT2D eigenvalue weighted by Gasteiger charge is 2.49. The molecule has 1 saturated carbocycles. The van der Waals surface area contributed by atoms with Crippen LogP contribution in [0, 0.1) is 5.92 Å². The van der Waals surface area contributed by atoms with E-state index in [0.29, 0.717) is 22.8 Å². The fourth-order valence-corrected chi connectivity index (χ4v) is 4.99. The van der Waals surface area contributed by atoms with Gasteiger partial charge < -0.3 is 14.4 Å². The van der Waals surface area contributed by atoms with Crippen molar-refractivity contribution in [1.29, 1.82) is 0 Å². The number of hydrogen-bond acceptors (Lipinski definition) is 7. The molecule has 8 nitrogen and oxygen atoms in total. The normalized spacial score (nSPS) is 20.6. The maximum Gasteiger partial charge on any atom is 0.299 e. The Bertz CT molecular complexity index is 1210. The van der Waals surface area contributed by atoms with Crippen molar-refractivity contribution < 1.29 is 24.0 Å². The van der Waals surface area contributed by atoms with Crippen molar-refractivity contribution >= 4 is 23.1 Å². The van der Waals surface area contributed by atoms with Crippen molar-refractivity contribution in [2.24, 2.45) is 5.92 Å². The van der Waals surface area contributed by atoms with Crippen molar-refractivity contribution in [2.75, 3.05) is 12.0 Å². The van der Waals surface area contributed by atoms with E-state index in [1.54, 1.807) is 35.2 Å². The molecule has 8 heteroatoms. The standard InChI is InChI=1S/C26H25N3O5/c1-33-21-12-9-18(15-27-21)24(30)22-23(17-5-3-2-4-6-17)29(26(32)25(22)31)19-10-7-16(8-11-19)20-13-14-34-28-20/h7-15,17,23,30H,2-6H2,1H3/b24-22-. The third-order valence-corrected chi connectivity index (χ3v) is 6.68. The zero-order valence-electron chi connectivity index (χ0n) is 18.8. The highest BCUT2D eigenvalue weighted by molar-refractivity contribution is 6.51. The van der Waals surface area contributed by atoms with Crippen LogP contribution in [0.4, 0.5) is 5.69 Å². The summed E-state index contributed by atoms with van der Waals surface area (Å²) >= 11 is 0. The minimum atomic E-state index is -0.676. The Hall–Kier alpha value is -3.94. The molecular weight excluding hydrogens is 434 g/mol. The molecule has 1 saturated heterocycles. The molecule has 2 fully saturated rings. The summed E-state index contributed by atoms with van der Waals surface area (Å²) in [7, 11) is 1.50. The predicted octanol–water partition coefficient (Wildman–Crippen LogP) is 4.58. The second-order valence-electron chi connectivity index (χ2n) is 8.63. The molecule has 3 heterocycles. The minimum Gasteiger partial charge on any atom is -0.507 e. The number of nitrogens with zero attached hydrogens (tertiary/aromatic N) is 3. The van der Waals surface area contributed by atoms with Crippen molar-refractivity contribution in [2.45, 2.75) is 38.1 Å². The van der Waals surface area contributed by atoms with Crippen LogP contribution in [0.3, 0.4) is 0 Å². The third kappa shape index (κ3) is 3.85. The highest BCUT2D eigenvalue weighted by atomic mass is 16.5. The molecule has 1 amide bonds. The molecule has 0 bridgehead atoms. The average Bonchev–Trinajstić information content (AvgIpc) is 3.52. The molecular formula is C26H25N3O5. The summed E-state index contributed by atoms with van der Waals surface area (Å²) in [6, 6.07) is 11.8. The lowest BCUT2D eigenvalue weighted by Gasteiger charge is -2.34. The summed E-state index contributed by atoms with van der Waals surface area (Å²) in [6.07, 6.45) is 7.91. The number of methoxy groups -OCH3 is 1. The number of aliphatic hydroxyl groups is 1. The lowest BCUT2D eigenvalue weighted by Crippen LogP contribution is -2.40. The topological polar surface area (TPSA) is 106 Å². The number of Topliss-reactive ketones (excluding diaryl/α,β-unsaturated/α-hetero) is 1. The second kappa shape index (κ2) is 9.13. The van der Waals surface area contributed by atoms with Crippen LogP contribution < -0.4 is 9.64 Å². The number of aliphatic hydroxyl groups excluding tert-OH is 1. The zero-order valence-corrected chi connectivity index (χ0v) is 18.8. The molecule has 1 aromatic carbocycles. The van der Waals surface area contributed by atoms with E-state index >= 15 is 0 Å². The van der Waals surface area contributed by atoms with Crippen LogP contribution in [0.2, 0.25) is 0 Å². The molecule has 0 radical (unpaired) electrons. The minimum absolute atomic E-state index is 0.0720. The Labute approximate surface area is 196 Å². The van der Waals surface area contributed by atoms with Gasteiger partial charge in [-0.25, -0.2) is 4.98 Å². The number of pyridine rings is 1. The van der Waals surface area contributed by atoms with E-state index < -0.39 is 17.7 Å². The molecule has 1 aliphatic heterocycles. The van der Waals surface area contributed by atoms with E-state index in [0.717, 1.165) is 37.7 Å². The van der Waals surface area contributed by atoms with E-state index in [2.05, 4.69) is 10.1 Å². The van der Waals surface area contributed by atoms with Gasteiger partial charge in [-0.3, -0.25) is 14.5 Å². The van der Waals surface area contributed by atoms with Crippen LogP contribution in [-0.4, -0.2) is 40.1 Å². The molecule has 2 aliphatic rings. The van der Waals surface area contributed by atoms with Gasteiger partial charge in [0, 0.05) is 35.1 Å². The molecule has 5 rings (SSSR count). The number of amides is 1. The first kappa shape index (κ1) is 21.9. The van der Waals surface area contributed by atoms with Gasteiger partial charge in [0.25, 0.3) is 11.7 Å². The number of carbonyl (C=O) groups is 2. The fraction of sp³-hybridized carbons (Fsp3) is 0.308. The number of ether oxygens (including phenoxy) is 1. The number of carbonyl (C=O) groups excluding carboxylic acids is 2. The van der Waals surface area contributed by atoms with Gasteiger partial charge in [0.05, 0.1) is 18.7 Å². The van der Waals surface area contributed by atoms with Crippen molar-refractivity contribution in [1.82, 2.24) is 10.1 Å². The van der Waals surface area contributed by atoms with Crippen molar-refractivity contribution in [3.63, 3.8) is 0 Å². The molecule has 34 heavy (non-hydrogen) atoms. The van der Waals surface area contributed by atoms with E-state index in [1.165, 1.54) is 19.6 Å². The van der Waals surface area contributed by atoms with Crippen LogP contribution in [0.5, 0.6) is 5.88 Å². The van der Waals surface area contributed by atoms with E-state index in [9.17, 15) is 14.7 Å². The van der Waals surface area contributed by atoms with E-state index in [4.69, 9.17) is 9.26 Å². The monoisotopic (exact) mass is 459 g/mol. The number of rotatable bonds is 5. The first-order chi connectivity index (χ1) is 16.6. The zero-order chi connectivity index (χ0) is 23.7. The first-order valence-electron chi connectivity index (χ1n) is 11.4. The predicted molar refractivity (Wildman–Crippen MR) is 125 cm³/mol. The van der Waals surface area contributed by atoms with Crippen molar-refractivity contribution in [3.05, 3.63) is 66.1 Å². The highest BCUT2D eigenvalue weighted by Crippen LogP contribution is 2.41. The third-order valence-electron chi connectivity index (χ3n) is 6.68. The second-order valence-corrected chi connectivity index (χ2v) is 8.63. The van der Waals surface area contributed by atoms with Crippen LogP contribution in [0.25, 0.3) is 17.0 Å². The van der Waals surface area contributed by atoms with Crippen LogP contribution in [-0.2, 0) is 9.59 Å². The molecule has 0 spiro atoms. The maximum atomic E-state index is 13.3. The number of aromatic nitrogens is 2. The Kier molecular flexibility index (Phi) is 5.88. The van der Waals surface area contributed by atoms with Crippen LogP contribution >= 0.6 is 0 Å². The van der Waals surface area contributed by atoms with Gasteiger partial charge in [-0.1, -0.05) is 36.6 Å². The maximum absolute atomic E-state index is 13.3. The van der Waals surface area contributed by atoms with E-state index in [-0.39, 0.29) is 17.3 Å². The Balaban J connectivity index is 1.58. The average molecular weight is 460 g/mol. The van der Waals surface area contributed by atoms with Gasteiger partial charge >= 0.3 is 0 Å². The Morgan fingerprint density at radius 3 is 2.44 bits per heavy atom. The van der Waals surface area contributed by atoms with Gasteiger partial charge in [-0.2, -0.15) is 0 Å². The molecule has 2 aromatic heterocycles. The molecule has 1 N–H and O–H groups in total. The summed E-state index contributed by atoms with van der Waals surface area (Å²) in [4.78, 5) is 32.2. The molecule has 3 aromatic rings. The Morgan fingerprint density at radius 1 is 1.06 bits per heavy atom. The summed E-state index contributed by atoms with van der Waals surface area (Å²) in [5.41, 5.74) is 2.65. The van der Waals surface area contributed by atoms with Crippen molar-refractivity contribution in [3.8, 4) is 17.1 Å². The first-order valence-corrected chi connectivity index (χ1v) is 11.4. The number of hydrogen-bond donors (Lipinski definition) is 1. The lowest BCUT2D eigenvalue weighted by atomic mass is 9.80. The lowest BCUT2D eigenvalue weighted by molar-refractivity contribution is -0.132. The van der Waals surface area contributed by atoms with Gasteiger partial charge in [-0.15, -0.1) is 0 Å². The van der Waals surface area contributed by atoms with Crippen LogP contribution in [0.1, 0.15) is 37.7 Å². The summed E-state index contributed by atoms with van der Waals surface area (Å²) < 4.78 is 10.0. The van der Waals surface area contributed by atoms with Gasteiger partial charge in [0.1, 0.15) is 17.7 Å². The van der Waals surface area contributed by atoms with Gasteiger partial charge in [0.2, 0.25) is 5.88 Å². The smallest absolute Gasteiger partial charge is 0.299 e. The molecule has 1 aliphatic carbocycles. The molecule has 1 atom stereocenters. The molecule has 1 unspecified atom stereocenters. The van der Waals surface area contributed by atoms with E-state index in [1.807, 2.05) is 12.1 Å². The largest absolute Gasteiger partial charge is 0.507 e. The summed E-state index contributed by atoms with van der Waals surface area (Å²) in [5, 5.41) is 15.1. The van der Waals surface area contributed by atoms with Gasteiger partial charge in [0.15, 0.2) is 0 Å². The number of ketones is 1. The molecule has 174 valence electrons. The number of anilines is 1.